The van der Waals surface area contributed by atoms with Gasteiger partial charge in [-0.1, -0.05) is 0 Å². The Labute approximate surface area is 82.3 Å². The molecule has 0 atom stereocenters. The number of nitrogens with zero attached hydrogens (tertiary/aromatic N) is 1. The van der Waals surface area contributed by atoms with Crippen LogP contribution in [-0.4, -0.2) is 4.98 Å². The quantitative estimate of drug-likeness (QED) is 0.744. The van der Waals surface area contributed by atoms with Crippen molar-refractivity contribution in [3.63, 3.8) is 0 Å². The summed E-state index contributed by atoms with van der Waals surface area (Å²) in [7, 11) is 0. The molecule has 2 aromatic rings. The molecule has 0 unspecified atom stereocenters. The first-order valence-electron chi connectivity index (χ1n) is 4.43. The summed E-state index contributed by atoms with van der Waals surface area (Å²) in [4.78, 5) is 3.95. The summed E-state index contributed by atoms with van der Waals surface area (Å²) in [6, 6.07) is 7.53. The van der Waals surface area contributed by atoms with Gasteiger partial charge in [0, 0.05) is 6.20 Å². The van der Waals surface area contributed by atoms with Crippen molar-refractivity contribution in [3.8, 4) is 5.75 Å². The molecule has 2 aromatic heterocycles. The maximum Gasteiger partial charge on any atom is 0.146 e. The molecular formula is C11H11NO2. The van der Waals surface area contributed by atoms with Crippen molar-refractivity contribution in [2.24, 2.45) is 0 Å². The van der Waals surface area contributed by atoms with Crippen LogP contribution in [0.4, 0.5) is 0 Å². The highest BCUT2D eigenvalue weighted by molar-refractivity contribution is 5.16. The largest absolute Gasteiger partial charge is 0.484 e. The van der Waals surface area contributed by atoms with E-state index in [1.165, 1.54) is 0 Å². The van der Waals surface area contributed by atoms with E-state index in [1.807, 2.05) is 31.2 Å². The highest BCUT2D eigenvalue weighted by atomic mass is 16.5. The van der Waals surface area contributed by atoms with Crippen LogP contribution in [0.3, 0.4) is 0 Å². The lowest BCUT2D eigenvalue weighted by molar-refractivity contribution is 0.266. The fraction of sp³-hybridized carbons (Fsp3) is 0.182. The molecule has 14 heavy (non-hydrogen) atoms. The van der Waals surface area contributed by atoms with E-state index in [-0.39, 0.29) is 0 Å². The first-order valence-corrected chi connectivity index (χ1v) is 4.43. The number of furan rings is 1. The molecule has 0 saturated heterocycles. The minimum atomic E-state index is 0.444. The van der Waals surface area contributed by atoms with Crippen LogP contribution in [0, 0.1) is 6.92 Å². The predicted octanol–water partition coefficient (Wildman–Crippen LogP) is 2.56. The molecule has 0 spiro atoms. The summed E-state index contributed by atoms with van der Waals surface area (Å²) in [5.74, 6) is 2.47. The molecule has 0 N–H and O–H groups in total. The van der Waals surface area contributed by atoms with E-state index in [9.17, 15) is 0 Å². The summed E-state index contributed by atoms with van der Waals surface area (Å²) < 4.78 is 10.8. The molecular weight excluding hydrogens is 178 g/mol. The smallest absolute Gasteiger partial charge is 0.146 e. The summed E-state index contributed by atoms with van der Waals surface area (Å²) in [6.07, 6.45) is 3.39. The standard InChI is InChI=1S/C11H11NO2/c1-9-4-5-11(14-9)8-13-10-3-2-6-12-7-10/h2-7H,8H2,1H3. The van der Waals surface area contributed by atoms with Gasteiger partial charge in [0.15, 0.2) is 0 Å². The van der Waals surface area contributed by atoms with Gasteiger partial charge >= 0.3 is 0 Å². The molecule has 0 aromatic carbocycles. The van der Waals surface area contributed by atoms with E-state index in [4.69, 9.17) is 9.15 Å². The third-order valence-electron chi connectivity index (χ3n) is 1.81. The van der Waals surface area contributed by atoms with Crippen molar-refractivity contribution >= 4 is 0 Å². The van der Waals surface area contributed by atoms with Crippen LogP contribution in [0.15, 0.2) is 41.1 Å². The number of aromatic nitrogens is 1. The van der Waals surface area contributed by atoms with Crippen molar-refractivity contribution in [2.45, 2.75) is 13.5 Å². The Bertz CT molecular complexity index is 395. The predicted molar refractivity (Wildman–Crippen MR) is 52.0 cm³/mol. The van der Waals surface area contributed by atoms with Gasteiger partial charge in [-0.05, 0) is 31.2 Å². The molecule has 0 saturated carbocycles. The lowest BCUT2D eigenvalue weighted by atomic mass is 10.4. The first kappa shape index (κ1) is 8.81. The van der Waals surface area contributed by atoms with E-state index in [0.29, 0.717) is 6.61 Å². The first-order chi connectivity index (χ1) is 6.84. The maximum atomic E-state index is 5.45. The molecule has 72 valence electrons. The van der Waals surface area contributed by atoms with Crippen LogP contribution in [0.25, 0.3) is 0 Å². The molecule has 2 heterocycles. The van der Waals surface area contributed by atoms with Gasteiger partial charge in [0.1, 0.15) is 23.9 Å². The maximum absolute atomic E-state index is 5.45. The molecule has 3 heteroatoms. The van der Waals surface area contributed by atoms with Crippen molar-refractivity contribution in [1.29, 1.82) is 0 Å². The van der Waals surface area contributed by atoms with E-state index in [1.54, 1.807) is 12.4 Å². The second kappa shape index (κ2) is 3.96. The molecule has 0 aliphatic carbocycles. The molecule has 0 aliphatic rings. The number of aryl methyl sites for hydroxylation is 1. The third kappa shape index (κ3) is 2.13. The molecule has 0 amide bonds. The zero-order chi connectivity index (χ0) is 9.80. The number of hydrogen-bond donors (Lipinski definition) is 0. The number of hydrogen-bond acceptors (Lipinski definition) is 3. The molecule has 2 rings (SSSR count). The van der Waals surface area contributed by atoms with Crippen LogP contribution >= 0.6 is 0 Å². The summed E-state index contributed by atoms with van der Waals surface area (Å²) >= 11 is 0. The molecule has 0 aliphatic heterocycles. The minimum Gasteiger partial charge on any atom is -0.484 e. The highest BCUT2D eigenvalue weighted by Gasteiger charge is 1.99. The monoisotopic (exact) mass is 189 g/mol. The van der Waals surface area contributed by atoms with Gasteiger partial charge in [-0.25, -0.2) is 0 Å². The van der Waals surface area contributed by atoms with Crippen LogP contribution in [-0.2, 0) is 6.61 Å². The second-order valence-corrected chi connectivity index (χ2v) is 2.99. The Morgan fingerprint density at radius 1 is 1.36 bits per heavy atom. The highest BCUT2D eigenvalue weighted by Crippen LogP contribution is 2.11. The van der Waals surface area contributed by atoms with E-state index in [2.05, 4.69) is 4.98 Å². The minimum absolute atomic E-state index is 0.444. The van der Waals surface area contributed by atoms with Crippen molar-refractivity contribution in [3.05, 3.63) is 48.2 Å². The van der Waals surface area contributed by atoms with Crippen molar-refractivity contribution in [2.75, 3.05) is 0 Å². The summed E-state index contributed by atoms with van der Waals surface area (Å²) in [6.45, 7) is 2.35. The molecule has 3 nitrogen and oxygen atoms in total. The van der Waals surface area contributed by atoms with Crippen molar-refractivity contribution < 1.29 is 9.15 Å². The Hall–Kier alpha value is -1.77. The Morgan fingerprint density at radius 3 is 2.93 bits per heavy atom. The zero-order valence-electron chi connectivity index (χ0n) is 7.93. The van der Waals surface area contributed by atoms with Gasteiger partial charge in [0.25, 0.3) is 0 Å². The van der Waals surface area contributed by atoms with Crippen molar-refractivity contribution in [1.82, 2.24) is 4.98 Å². The fourth-order valence-corrected chi connectivity index (χ4v) is 1.15. The Balaban J connectivity index is 1.95. The number of ether oxygens (including phenoxy) is 1. The second-order valence-electron chi connectivity index (χ2n) is 2.99. The lowest BCUT2D eigenvalue weighted by Crippen LogP contribution is -1.93. The van der Waals surface area contributed by atoms with E-state index < -0.39 is 0 Å². The van der Waals surface area contributed by atoms with E-state index in [0.717, 1.165) is 17.3 Å². The SMILES string of the molecule is Cc1ccc(COc2cccnc2)o1. The number of rotatable bonds is 3. The summed E-state index contributed by atoms with van der Waals surface area (Å²) in [5.41, 5.74) is 0. The lowest BCUT2D eigenvalue weighted by Gasteiger charge is -2.02. The van der Waals surface area contributed by atoms with Gasteiger partial charge in [0.2, 0.25) is 0 Å². The van der Waals surface area contributed by atoms with Gasteiger partial charge in [-0.3, -0.25) is 4.98 Å². The van der Waals surface area contributed by atoms with Gasteiger partial charge in [-0.2, -0.15) is 0 Å². The van der Waals surface area contributed by atoms with Gasteiger partial charge < -0.3 is 9.15 Å². The fourth-order valence-electron chi connectivity index (χ4n) is 1.15. The molecule has 0 radical (unpaired) electrons. The normalized spacial score (nSPS) is 10.1. The molecule has 0 fully saturated rings. The average Bonchev–Trinajstić information content (AvgIpc) is 2.63. The third-order valence-corrected chi connectivity index (χ3v) is 1.81. The number of pyridine rings is 1. The summed E-state index contributed by atoms with van der Waals surface area (Å²) in [5, 5.41) is 0. The van der Waals surface area contributed by atoms with Crippen LogP contribution in [0.1, 0.15) is 11.5 Å². The van der Waals surface area contributed by atoms with E-state index >= 15 is 0 Å². The Kier molecular flexibility index (Phi) is 2.49. The molecule has 0 bridgehead atoms. The Morgan fingerprint density at radius 2 is 2.29 bits per heavy atom. The van der Waals surface area contributed by atoms with Crippen LogP contribution in [0.5, 0.6) is 5.75 Å². The van der Waals surface area contributed by atoms with Gasteiger partial charge in [-0.15, -0.1) is 0 Å². The topological polar surface area (TPSA) is 35.3 Å². The zero-order valence-corrected chi connectivity index (χ0v) is 7.93. The van der Waals surface area contributed by atoms with Gasteiger partial charge in [0.05, 0.1) is 6.20 Å². The van der Waals surface area contributed by atoms with Crippen LogP contribution in [0.2, 0.25) is 0 Å². The van der Waals surface area contributed by atoms with Crippen LogP contribution < -0.4 is 4.74 Å². The average molecular weight is 189 g/mol.